The lowest BCUT2D eigenvalue weighted by molar-refractivity contribution is -0.143. The molecular weight excluding hydrogens is 390 g/mol. The van der Waals surface area contributed by atoms with Crippen molar-refractivity contribution in [2.45, 2.75) is 26.7 Å². The van der Waals surface area contributed by atoms with E-state index in [0.717, 1.165) is 4.90 Å². The second-order valence-corrected chi connectivity index (χ2v) is 5.95. The second kappa shape index (κ2) is 5.70. The summed E-state index contributed by atoms with van der Waals surface area (Å²) in [5.74, 6) is -1.59. The highest BCUT2D eigenvalue weighted by molar-refractivity contribution is 14.1. The Balaban J connectivity index is 2.54. The van der Waals surface area contributed by atoms with Gasteiger partial charge in [-0.3, -0.25) is 14.9 Å². The average molecular weight is 404 g/mol. The van der Waals surface area contributed by atoms with Crippen molar-refractivity contribution in [3.8, 4) is 0 Å². The van der Waals surface area contributed by atoms with Crippen LogP contribution >= 0.6 is 22.6 Å². The Bertz CT molecular complexity index is 629. The number of hydrogen-bond acceptors (Lipinski definition) is 3. The number of nitrogens with zero attached hydrogens (tertiary/aromatic N) is 1. The lowest BCUT2D eigenvalue weighted by Crippen LogP contribution is -2.64. The van der Waals surface area contributed by atoms with E-state index in [4.69, 9.17) is 0 Å². The van der Waals surface area contributed by atoms with Gasteiger partial charge in [0.25, 0.3) is 5.91 Å². The van der Waals surface area contributed by atoms with Crippen LogP contribution in [0, 0.1) is 14.8 Å². The third kappa shape index (κ3) is 2.43. The largest absolute Gasteiger partial charge is 0.335 e. The number of benzene rings is 1. The zero-order valence-corrected chi connectivity index (χ0v) is 13.7. The number of barbiturate groups is 1. The van der Waals surface area contributed by atoms with E-state index in [-0.39, 0.29) is 18.5 Å². The highest BCUT2D eigenvalue weighted by atomic mass is 127. The van der Waals surface area contributed by atoms with E-state index in [0.29, 0.717) is 3.57 Å². The molecule has 1 aromatic carbocycles. The molecule has 0 bridgehead atoms. The predicted molar refractivity (Wildman–Crippen MR) is 83.2 cm³/mol. The van der Waals surface area contributed by atoms with Crippen molar-refractivity contribution in [2.75, 3.05) is 4.90 Å². The monoisotopic (exact) mass is 404 g/mol. The molecule has 0 radical (unpaired) electrons. The van der Waals surface area contributed by atoms with Crippen molar-refractivity contribution in [2.24, 2.45) is 5.41 Å². The van der Waals surface area contributed by atoms with Crippen LogP contribution in [0.3, 0.4) is 0 Å². The molecule has 0 spiro atoms. The molecule has 1 saturated heterocycles. The Labute approximate surface area is 135 Å². The number of imide groups is 2. The van der Waals surface area contributed by atoms with Crippen LogP contribution in [0.2, 0.25) is 0 Å². The molecule has 7 heteroatoms. The van der Waals surface area contributed by atoms with E-state index < -0.39 is 29.1 Å². The van der Waals surface area contributed by atoms with Crippen molar-refractivity contribution >= 4 is 46.1 Å². The highest BCUT2D eigenvalue weighted by Crippen LogP contribution is 2.36. The van der Waals surface area contributed by atoms with Crippen LogP contribution in [0.5, 0.6) is 0 Å². The van der Waals surface area contributed by atoms with Gasteiger partial charge in [0.2, 0.25) is 5.91 Å². The number of amides is 4. The number of halogens is 2. The maximum atomic E-state index is 13.2. The van der Waals surface area contributed by atoms with Crippen LogP contribution in [0.15, 0.2) is 18.2 Å². The van der Waals surface area contributed by atoms with Crippen molar-refractivity contribution in [3.05, 3.63) is 27.6 Å². The molecule has 2 rings (SSSR count). The van der Waals surface area contributed by atoms with Gasteiger partial charge in [0, 0.05) is 3.57 Å². The summed E-state index contributed by atoms with van der Waals surface area (Å²) in [5.41, 5.74) is -0.982. The molecule has 1 fully saturated rings. The number of anilines is 1. The first kappa shape index (κ1) is 15.9. The predicted octanol–water partition coefficient (Wildman–Crippen LogP) is 2.82. The summed E-state index contributed by atoms with van der Waals surface area (Å²) in [5, 5.41) is 2.22. The summed E-state index contributed by atoms with van der Waals surface area (Å²) in [6, 6.07) is 2.97. The number of carbonyl (C=O) groups is 3. The van der Waals surface area contributed by atoms with Gasteiger partial charge in [0.15, 0.2) is 0 Å². The first-order valence-corrected chi connectivity index (χ1v) is 7.60. The molecule has 4 amide bonds. The fourth-order valence-corrected chi connectivity index (χ4v) is 3.15. The third-order valence-corrected chi connectivity index (χ3v) is 4.69. The van der Waals surface area contributed by atoms with E-state index in [2.05, 4.69) is 5.32 Å². The lowest BCUT2D eigenvalue weighted by Gasteiger charge is -2.38. The highest BCUT2D eigenvalue weighted by Gasteiger charge is 2.52. The van der Waals surface area contributed by atoms with Gasteiger partial charge in [0.1, 0.15) is 11.2 Å². The van der Waals surface area contributed by atoms with Crippen molar-refractivity contribution in [1.82, 2.24) is 5.32 Å². The van der Waals surface area contributed by atoms with E-state index in [1.165, 1.54) is 18.2 Å². The molecule has 1 aromatic rings. The standard InChI is InChI=1S/C14H14FIN2O3/c1-3-14(4-2)11(19)17-13(21)18(12(14)20)10-6-5-8(15)7-9(10)16/h5-7H,3-4H2,1-2H3,(H,17,19,21). The molecule has 0 unspecified atom stereocenters. The van der Waals surface area contributed by atoms with Crippen molar-refractivity contribution in [1.29, 1.82) is 0 Å². The number of carbonyl (C=O) groups excluding carboxylic acids is 3. The SMILES string of the molecule is CCC1(CC)C(=O)NC(=O)N(c2ccc(F)cc2I)C1=O. The zero-order chi connectivity index (χ0) is 15.8. The van der Waals surface area contributed by atoms with Crippen molar-refractivity contribution < 1.29 is 18.8 Å². The molecule has 21 heavy (non-hydrogen) atoms. The second-order valence-electron chi connectivity index (χ2n) is 4.78. The maximum Gasteiger partial charge on any atom is 0.335 e. The van der Waals surface area contributed by atoms with E-state index in [1.54, 1.807) is 13.8 Å². The Morgan fingerprint density at radius 2 is 1.86 bits per heavy atom. The normalized spacial score (nSPS) is 17.9. The van der Waals surface area contributed by atoms with E-state index >= 15 is 0 Å². The lowest BCUT2D eigenvalue weighted by atomic mass is 9.78. The van der Waals surface area contributed by atoms with Gasteiger partial charge in [-0.15, -0.1) is 0 Å². The summed E-state index contributed by atoms with van der Waals surface area (Å²) < 4.78 is 13.6. The molecule has 1 aliphatic rings. The number of urea groups is 1. The molecule has 1 aliphatic heterocycles. The number of nitrogens with one attached hydrogen (secondary N) is 1. The minimum atomic E-state index is -1.26. The molecule has 5 nitrogen and oxygen atoms in total. The smallest absolute Gasteiger partial charge is 0.276 e. The Hall–Kier alpha value is -1.51. The van der Waals surface area contributed by atoms with Gasteiger partial charge in [-0.1, -0.05) is 13.8 Å². The van der Waals surface area contributed by atoms with E-state index in [1.807, 2.05) is 22.6 Å². The van der Waals surface area contributed by atoms with Gasteiger partial charge < -0.3 is 0 Å². The topological polar surface area (TPSA) is 66.5 Å². The van der Waals surface area contributed by atoms with Crippen LogP contribution in [0.25, 0.3) is 0 Å². The fourth-order valence-electron chi connectivity index (χ4n) is 2.43. The summed E-state index contributed by atoms with van der Waals surface area (Å²) in [6.45, 7) is 3.45. The Morgan fingerprint density at radius 3 is 2.38 bits per heavy atom. The number of rotatable bonds is 3. The van der Waals surface area contributed by atoms with E-state index in [9.17, 15) is 18.8 Å². The summed E-state index contributed by atoms with van der Waals surface area (Å²) in [4.78, 5) is 37.8. The summed E-state index contributed by atoms with van der Waals surface area (Å²) in [6.07, 6.45) is 0.575. The summed E-state index contributed by atoms with van der Waals surface area (Å²) in [7, 11) is 0. The average Bonchev–Trinajstić information content (AvgIpc) is 2.42. The first-order chi connectivity index (χ1) is 9.87. The minimum absolute atomic E-state index is 0.276. The maximum absolute atomic E-state index is 13.2. The van der Waals surface area contributed by atoms with Gasteiger partial charge >= 0.3 is 6.03 Å². The third-order valence-electron chi connectivity index (χ3n) is 3.83. The molecular formula is C14H14FIN2O3. The molecule has 0 aliphatic carbocycles. The fraction of sp³-hybridized carbons (Fsp3) is 0.357. The molecule has 1 heterocycles. The summed E-state index contributed by atoms with van der Waals surface area (Å²) >= 11 is 1.85. The first-order valence-electron chi connectivity index (χ1n) is 6.52. The number of hydrogen-bond donors (Lipinski definition) is 1. The Morgan fingerprint density at radius 1 is 1.24 bits per heavy atom. The molecule has 0 atom stereocenters. The van der Waals surface area contributed by atoms with Crippen LogP contribution in [-0.2, 0) is 9.59 Å². The van der Waals surface area contributed by atoms with Crippen LogP contribution < -0.4 is 10.2 Å². The Kier molecular flexibility index (Phi) is 4.31. The van der Waals surface area contributed by atoms with Gasteiger partial charge in [-0.05, 0) is 53.6 Å². The van der Waals surface area contributed by atoms with Gasteiger partial charge in [0.05, 0.1) is 5.69 Å². The van der Waals surface area contributed by atoms with Crippen LogP contribution in [-0.4, -0.2) is 17.8 Å². The molecule has 112 valence electrons. The zero-order valence-electron chi connectivity index (χ0n) is 11.6. The quantitative estimate of drug-likeness (QED) is 0.623. The molecule has 0 saturated carbocycles. The van der Waals surface area contributed by atoms with Crippen LogP contribution in [0.4, 0.5) is 14.9 Å². The molecule has 0 aromatic heterocycles. The minimum Gasteiger partial charge on any atom is -0.276 e. The van der Waals surface area contributed by atoms with Crippen LogP contribution in [0.1, 0.15) is 26.7 Å². The molecule has 1 N–H and O–H groups in total. The van der Waals surface area contributed by atoms with Gasteiger partial charge in [-0.25, -0.2) is 14.1 Å². The van der Waals surface area contributed by atoms with Crippen molar-refractivity contribution in [3.63, 3.8) is 0 Å². The van der Waals surface area contributed by atoms with Gasteiger partial charge in [-0.2, -0.15) is 0 Å².